The summed E-state index contributed by atoms with van der Waals surface area (Å²) >= 11 is 6.37. The van der Waals surface area contributed by atoms with Crippen LogP contribution < -0.4 is 10.6 Å². The van der Waals surface area contributed by atoms with E-state index in [0.29, 0.717) is 43.2 Å². The Morgan fingerprint density at radius 2 is 1.89 bits per heavy atom. The minimum atomic E-state index is -0.527. The molecule has 4 atom stereocenters. The van der Waals surface area contributed by atoms with Gasteiger partial charge in [-0.2, -0.15) is 0 Å². The van der Waals surface area contributed by atoms with Gasteiger partial charge >= 0.3 is 0 Å². The fraction of sp³-hybridized carbons (Fsp3) is 0.857. The molecule has 4 rings (SSSR count). The number of alkyl halides is 1. The molecule has 7 heteroatoms. The summed E-state index contributed by atoms with van der Waals surface area (Å²) in [5.41, 5.74) is 0. The van der Waals surface area contributed by atoms with Crippen molar-refractivity contribution in [2.75, 3.05) is 13.1 Å². The van der Waals surface area contributed by atoms with E-state index in [-0.39, 0.29) is 23.2 Å². The van der Waals surface area contributed by atoms with E-state index in [2.05, 4.69) is 15.5 Å². The Labute approximate surface area is 172 Å². The van der Waals surface area contributed by atoms with E-state index in [4.69, 9.17) is 11.6 Å². The Morgan fingerprint density at radius 3 is 2.64 bits per heavy atom. The molecule has 3 amide bonds. The van der Waals surface area contributed by atoms with Gasteiger partial charge in [-0.3, -0.25) is 14.4 Å². The molecule has 4 fully saturated rings. The van der Waals surface area contributed by atoms with Gasteiger partial charge in [0.25, 0.3) is 0 Å². The lowest BCUT2D eigenvalue weighted by Crippen LogP contribution is -2.49. The maximum atomic E-state index is 12.5. The van der Waals surface area contributed by atoms with Gasteiger partial charge in [-0.1, -0.05) is 0 Å². The quantitative estimate of drug-likeness (QED) is 0.551. The minimum absolute atomic E-state index is 0.117. The first-order valence-electron chi connectivity index (χ1n) is 11.0. The average molecular weight is 410 g/mol. The van der Waals surface area contributed by atoms with Crippen molar-refractivity contribution in [1.29, 1.82) is 0 Å². The zero-order valence-corrected chi connectivity index (χ0v) is 17.3. The van der Waals surface area contributed by atoms with Crippen LogP contribution in [0.4, 0.5) is 0 Å². The summed E-state index contributed by atoms with van der Waals surface area (Å²) in [5.74, 6) is 0.530. The molecule has 0 aromatic heterocycles. The standard InChI is InChI=1S/C21H32ClN3O3/c22-15-6-5-14-10-19(26)25(18(14)11-15)12-13-3-7-16(8-4-13)24-21(28)17-2-1-9-23-20(17)27/h13-18H,1-12H2,(H,23,27)(H,24,28). The SMILES string of the molecule is O=C1NCCCC1C(=O)NC1CCC(CN2C(=O)CC3CCC(Cl)CC32)CC1. The Bertz CT molecular complexity index is 620. The third-order valence-corrected chi connectivity index (χ3v) is 7.70. The molecule has 2 aliphatic carbocycles. The van der Waals surface area contributed by atoms with E-state index in [0.717, 1.165) is 57.9 Å². The van der Waals surface area contributed by atoms with Crippen molar-refractivity contribution in [3.63, 3.8) is 0 Å². The van der Waals surface area contributed by atoms with Crippen molar-refractivity contribution in [2.24, 2.45) is 17.8 Å². The molecule has 156 valence electrons. The Balaban J connectivity index is 1.24. The summed E-state index contributed by atoms with van der Waals surface area (Å²) in [5, 5.41) is 6.08. The van der Waals surface area contributed by atoms with Crippen molar-refractivity contribution in [2.45, 2.75) is 81.7 Å². The molecule has 0 spiro atoms. The van der Waals surface area contributed by atoms with Gasteiger partial charge in [0, 0.05) is 37.0 Å². The highest BCUT2D eigenvalue weighted by Crippen LogP contribution is 2.40. The van der Waals surface area contributed by atoms with Crippen LogP contribution >= 0.6 is 11.6 Å². The second-order valence-corrected chi connectivity index (χ2v) is 9.82. The summed E-state index contributed by atoms with van der Waals surface area (Å²) in [6, 6.07) is 0.494. The second-order valence-electron chi connectivity index (χ2n) is 9.20. The summed E-state index contributed by atoms with van der Waals surface area (Å²) in [6.07, 6.45) is 9.16. The summed E-state index contributed by atoms with van der Waals surface area (Å²) in [7, 11) is 0. The number of hydrogen-bond donors (Lipinski definition) is 2. The van der Waals surface area contributed by atoms with E-state index >= 15 is 0 Å². The minimum Gasteiger partial charge on any atom is -0.355 e. The highest BCUT2D eigenvalue weighted by atomic mass is 35.5. The first-order valence-corrected chi connectivity index (χ1v) is 11.5. The third-order valence-electron chi connectivity index (χ3n) is 7.30. The number of nitrogens with zero attached hydrogens (tertiary/aromatic N) is 1. The lowest BCUT2D eigenvalue weighted by atomic mass is 9.83. The highest BCUT2D eigenvalue weighted by Gasteiger charge is 2.43. The topological polar surface area (TPSA) is 78.5 Å². The van der Waals surface area contributed by atoms with Crippen LogP contribution in [0.2, 0.25) is 0 Å². The maximum Gasteiger partial charge on any atom is 0.232 e. The molecule has 0 aromatic rings. The van der Waals surface area contributed by atoms with Crippen molar-refractivity contribution in [3.05, 3.63) is 0 Å². The number of hydrogen-bond acceptors (Lipinski definition) is 3. The van der Waals surface area contributed by atoms with E-state index in [9.17, 15) is 14.4 Å². The highest BCUT2D eigenvalue weighted by molar-refractivity contribution is 6.20. The largest absolute Gasteiger partial charge is 0.355 e. The van der Waals surface area contributed by atoms with E-state index in [1.807, 2.05) is 0 Å². The van der Waals surface area contributed by atoms with Crippen LogP contribution in [-0.4, -0.2) is 53.2 Å². The van der Waals surface area contributed by atoms with E-state index in [1.165, 1.54) is 0 Å². The number of carbonyl (C=O) groups excluding carboxylic acids is 3. The third kappa shape index (κ3) is 4.32. The smallest absolute Gasteiger partial charge is 0.232 e. The molecule has 4 aliphatic rings. The molecule has 2 saturated carbocycles. The van der Waals surface area contributed by atoms with Gasteiger partial charge in [-0.15, -0.1) is 11.6 Å². The van der Waals surface area contributed by atoms with Crippen LogP contribution in [0.5, 0.6) is 0 Å². The van der Waals surface area contributed by atoms with Crippen LogP contribution in [0.15, 0.2) is 0 Å². The van der Waals surface area contributed by atoms with E-state index in [1.54, 1.807) is 0 Å². The van der Waals surface area contributed by atoms with Crippen molar-refractivity contribution in [1.82, 2.24) is 15.5 Å². The molecular weight excluding hydrogens is 378 g/mol. The van der Waals surface area contributed by atoms with Crippen LogP contribution in [0.25, 0.3) is 0 Å². The lowest BCUT2D eigenvalue weighted by Gasteiger charge is -2.37. The number of halogens is 1. The summed E-state index contributed by atoms with van der Waals surface area (Å²) in [6.45, 7) is 1.52. The zero-order valence-electron chi connectivity index (χ0n) is 16.5. The number of fused-ring (bicyclic) bond motifs is 1. The second kappa shape index (κ2) is 8.60. The molecule has 2 saturated heterocycles. The predicted molar refractivity (Wildman–Crippen MR) is 107 cm³/mol. The molecule has 2 N–H and O–H groups in total. The molecule has 4 unspecified atom stereocenters. The fourth-order valence-corrected chi connectivity index (χ4v) is 5.94. The number of likely N-dealkylation sites (tertiary alicyclic amines) is 1. The van der Waals surface area contributed by atoms with Gasteiger partial charge in [0.2, 0.25) is 17.7 Å². The number of rotatable bonds is 4. The first-order chi connectivity index (χ1) is 13.5. The summed E-state index contributed by atoms with van der Waals surface area (Å²) in [4.78, 5) is 38.9. The van der Waals surface area contributed by atoms with Gasteiger partial charge in [0.05, 0.1) is 0 Å². The molecule has 2 heterocycles. The van der Waals surface area contributed by atoms with Gasteiger partial charge in [-0.25, -0.2) is 0 Å². The fourth-order valence-electron chi connectivity index (χ4n) is 5.63. The Morgan fingerprint density at radius 1 is 1.11 bits per heavy atom. The number of amides is 3. The summed E-state index contributed by atoms with van der Waals surface area (Å²) < 4.78 is 0. The van der Waals surface area contributed by atoms with Crippen LogP contribution in [-0.2, 0) is 14.4 Å². The molecule has 0 radical (unpaired) electrons. The monoisotopic (exact) mass is 409 g/mol. The lowest BCUT2D eigenvalue weighted by molar-refractivity contribution is -0.137. The van der Waals surface area contributed by atoms with Crippen molar-refractivity contribution < 1.29 is 14.4 Å². The average Bonchev–Trinajstić information content (AvgIpc) is 2.98. The molecule has 6 nitrogen and oxygen atoms in total. The van der Waals surface area contributed by atoms with Gasteiger partial charge < -0.3 is 15.5 Å². The van der Waals surface area contributed by atoms with Gasteiger partial charge in [0.1, 0.15) is 5.92 Å². The van der Waals surface area contributed by atoms with Gasteiger partial charge in [-0.05, 0) is 69.6 Å². The number of piperidine rings is 1. The molecular formula is C21H32ClN3O3. The molecule has 0 bridgehead atoms. The van der Waals surface area contributed by atoms with Crippen molar-refractivity contribution >= 4 is 29.3 Å². The molecule has 0 aromatic carbocycles. The van der Waals surface area contributed by atoms with Gasteiger partial charge in [0.15, 0.2) is 0 Å². The number of carbonyl (C=O) groups is 3. The van der Waals surface area contributed by atoms with Crippen molar-refractivity contribution in [3.8, 4) is 0 Å². The van der Waals surface area contributed by atoms with Crippen LogP contribution in [0.1, 0.15) is 64.2 Å². The molecule has 2 aliphatic heterocycles. The van der Waals surface area contributed by atoms with Crippen LogP contribution in [0, 0.1) is 17.8 Å². The zero-order chi connectivity index (χ0) is 19.7. The Hall–Kier alpha value is -1.30. The predicted octanol–water partition coefficient (Wildman–Crippen LogP) is 2.20. The van der Waals surface area contributed by atoms with E-state index < -0.39 is 5.92 Å². The maximum absolute atomic E-state index is 12.5. The first kappa shape index (κ1) is 20.0. The van der Waals surface area contributed by atoms with Crippen LogP contribution in [0.3, 0.4) is 0 Å². The number of nitrogens with one attached hydrogen (secondary N) is 2. The normalized spacial score (nSPS) is 38.7. The Kier molecular flexibility index (Phi) is 6.14. The molecule has 28 heavy (non-hydrogen) atoms.